The molecule has 2 heterocycles. The predicted molar refractivity (Wildman–Crippen MR) is 269 cm³/mol. The fourth-order valence-electron chi connectivity index (χ4n) is 7.11. The van der Waals surface area contributed by atoms with Crippen molar-refractivity contribution in [2.24, 2.45) is 31.3 Å². The van der Waals surface area contributed by atoms with E-state index in [1.807, 2.05) is 82.3 Å². The summed E-state index contributed by atoms with van der Waals surface area (Å²) < 4.78 is 0. The smallest absolute Gasteiger partial charge is 0.328 e. The van der Waals surface area contributed by atoms with Crippen molar-refractivity contribution in [1.82, 2.24) is 19.9 Å². The Morgan fingerprint density at radius 1 is 0.648 bits per heavy atom. The van der Waals surface area contributed by atoms with Crippen LogP contribution in [0.2, 0.25) is 0 Å². The Labute approximate surface area is 412 Å². The van der Waals surface area contributed by atoms with Gasteiger partial charge in [0.25, 0.3) is 11.1 Å². The van der Waals surface area contributed by atoms with Gasteiger partial charge in [-0.1, -0.05) is 86.6 Å². The molecule has 0 radical (unpaired) electrons. The van der Waals surface area contributed by atoms with Gasteiger partial charge < -0.3 is 21.3 Å². The number of benzene rings is 4. The third kappa shape index (κ3) is 18.0. The van der Waals surface area contributed by atoms with Crippen LogP contribution < -0.4 is 33.5 Å². The van der Waals surface area contributed by atoms with Crippen molar-refractivity contribution in [3.05, 3.63) is 162 Å². The number of azo groups is 2. The molecule has 0 bridgehead atoms. The maximum Gasteiger partial charge on any atom is 0.328 e. The SMILES string of the molecule is CC(CC(C)(C#N)CCC(=O)Cl)c1ccccc1.CC(CC(C)(C#N)CCC(=O)Nc1cccc(N=Nc2c(O)[nH]c(=O)[nH]c2=O)c1)c1ccccc1.Nc1cccc(N=Nc2c(O)[nH]c(=O)[nH]c2=O)c1. The lowest BCUT2D eigenvalue weighted by atomic mass is 9.77. The highest BCUT2D eigenvalue weighted by molar-refractivity contribution is 6.63. The van der Waals surface area contributed by atoms with E-state index in [1.54, 1.807) is 48.5 Å². The van der Waals surface area contributed by atoms with Gasteiger partial charge in [-0.05, 0) is 110 Å². The van der Waals surface area contributed by atoms with E-state index < -0.39 is 50.8 Å². The minimum Gasteiger partial charge on any atom is -0.493 e. The fourth-order valence-corrected chi connectivity index (χ4v) is 7.21. The van der Waals surface area contributed by atoms with Crippen molar-refractivity contribution in [2.75, 3.05) is 11.1 Å². The van der Waals surface area contributed by atoms with Crippen LogP contribution >= 0.6 is 11.6 Å². The average Bonchev–Trinajstić information content (AvgIpc) is 3.33. The molecule has 9 N–H and O–H groups in total. The first-order valence-electron chi connectivity index (χ1n) is 22.0. The number of nitrogen functional groups attached to an aromatic ring is 1. The zero-order valence-corrected chi connectivity index (χ0v) is 40.0. The molecule has 4 atom stereocenters. The number of hydrogen-bond donors (Lipinski definition) is 8. The van der Waals surface area contributed by atoms with Crippen LogP contribution in [0.1, 0.15) is 89.2 Å². The van der Waals surface area contributed by atoms with Crippen LogP contribution in [0.5, 0.6) is 11.8 Å². The third-order valence-electron chi connectivity index (χ3n) is 10.9. The molecule has 6 rings (SSSR count). The molecule has 20 nitrogen and oxygen atoms in total. The molecule has 21 heteroatoms. The normalized spacial score (nSPS) is 13.4. The van der Waals surface area contributed by atoms with Gasteiger partial charge in [0, 0.05) is 24.2 Å². The first-order valence-corrected chi connectivity index (χ1v) is 22.4. The standard InChI is InChI=1S/C25H26N6O4.C15H18ClNO.C10H9N5O3/c1-16(17-7-4-3-5-8-17)14-25(2,15-26)12-11-20(32)27-18-9-6-10-19(13-18)30-31-21-22(33)28-24(35)29-23(21)34;1-12(13-6-4-3-5-7-13)10-15(2,11-17)9-8-14(16)18;11-5-2-1-3-6(4-5)14-15-7-8(16)12-10(18)13-9(7)17/h3-10,13,16H,11-12,14H2,1-2H3,(H,27,32)(H3,28,29,33,34,35);3-7,12H,8-10H2,1-2H3;1-4H,11H2,(H3,12,13,16,17,18). The summed E-state index contributed by atoms with van der Waals surface area (Å²) in [6, 6.07) is 37.7. The molecule has 1 amide bonds. The second-order valence-electron chi connectivity index (χ2n) is 17.0. The Morgan fingerprint density at radius 3 is 1.51 bits per heavy atom. The molecule has 0 saturated carbocycles. The number of amides is 1. The third-order valence-corrected chi connectivity index (χ3v) is 11.1. The molecule has 0 spiro atoms. The zero-order chi connectivity index (χ0) is 52.1. The molecule has 0 aliphatic rings. The maximum atomic E-state index is 12.6. The largest absolute Gasteiger partial charge is 0.493 e. The Morgan fingerprint density at radius 2 is 1.08 bits per heavy atom. The van der Waals surface area contributed by atoms with Gasteiger partial charge in [-0.3, -0.25) is 39.1 Å². The molecule has 368 valence electrons. The number of nitrogens with one attached hydrogen (secondary N) is 5. The van der Waals surface area contributed by atoms with Gasteiger partial charge in [0.2, 0.25) is 34.3 Å². The summed E-state index contributed by atoms with van der Waals surface area (Å²) in [4.78, 5) is 76.3. The Bertz CT molecular complexity index is 3160. The van der Waals surface area contributed by atoms with Crippen molar-refractivity contribution in [3.8, 4) is 23.9 Å². The maximum absolute atomic E-state index is 12.6. The van der Waals surface area contributed by atoms with Gasteiger partial charge in [0.15, 0.2) is 0 Å². The van der Waals surface area contributed by atoms with Gasteiger partial charge in [0.05, 0.1) is 34.3 Å². The highest BCUT2D eigenvalue weighted by Gasteiger charge is 2.29. The van der Waals surface area contributed by atoms with Crippen LogP contribution in [0, 0.1) is 33.5 Å². The van der Waals surface area contributed by atoms with Gasteiger partial charge in [0.1, 0.15) is 0 Å². The van der Waals surface area contributed by atoms with Gasteiger partial charge in [-0.2, -0.15) is 20.8 Å². The zero-order valence-electron chi connectivity index (χ0n) is 39.3. The number of nitrogens with two attached hydrogens (primary N) is 1. The molecule has 0 aliphatic carbocycles. The second kappa shape index (κ2) is 26.1. The molecule has 4 unspecified atom stereocenters. The van der Waals surface area contributed by atoms with E-state index in [0.29, 0.717) is 47.9 Å². The average molecular weight is 986 g/mol. The van der Waals surface area contributed by atoms with E-state index >= 15 is 0 Å². The molecule has 6 aromatic rings. The fraction of sp³-hybridized carbons (Fsp3) is 0.280. The number of aromatic amines is 4. The number of hydrogen-bond acceptors (Lipinski definition) is 15. The minimum absolute atomic E-state index is 0.165. The highest BCUT2D eigenvalue weighted by atomic mass is 35.5. The molecular weight excluding hydrogens is 932 g/mol. The van der Waals surface area contributed by atoms with Crippen LogP contribution in [0.4, 0.5) is 34.1 Å². The van der Waals surface area contributed by atoms with E-state index in [0.717, 1.165) is 12.0 Å². The van der Waals surface area contributed by atoms with Gasteiger partial charge in [-0.15, -0.1) is 10.2 Å². The number of aromatic nitrogens is 4. The lowest BCUT2D eigenvalue weighted by molar-refractivity contribution is -0.116. The van der Waals surface area contributed by atoms with Crippen LogP contribution in [-0.2, 0) is 9.59 Å². The van der Waals surface area contributed by atoms with E-state index in [9.17, 15) is 49.5 Å². The number of anilines is 2. The molecular formula is C50H53ClN12O8. The number of nitrogens with zero attached hydrogens (tertiary/aromatic N) is 6. The number of carbonyl (C=O) groups excluding carboxylic acids is 2. The summed E-state index contributed by atoms with van der Waals surface area (Å²) in [5.41, 5.74) is 4.21. The molecule has 0 fully saturated rings. The summed E-state index contributed by atoms with van der Waals surface area (Å²) in [5.74, 6) is -1.12. The Balaban J connectivity index is 0.000000255. The number of halogens is 1. The summed E-state index contributed by atoms with van der Waals surface area (Å²) in [6.07, 6.45) is 2.71. The molecule has 2 aromatic heterocycles. The van der Waals surface area contributed by atoms with Gasteiger partial charge in [-0.25, -0.2) is 9.59 Å². The first-order chi connectivity index (χ1) is 33.7. The van der Waals surface area contributed by atoms with Crippen molar-refractivity contribution in [2.45, 2.75) is 78.1 Å². The quantitative estimate of drug-likeness (QED) is 0.0241. The Hall–Kier alpha value is -8.75. The molecule has 0 saturated heterocycles. The summed E-state index contributed by atoms with van der Waals surface area (Å²) in [5, 5.41) is 55.3. The monoisotopic (exact) mass is 984 g/mol. The molecule has 71 heavy (non-hydrogen) atoms. The second-order valence-corrected chi connectivity index (χ2v) is 17.5. The van der Waals surface area contributed by atoms with E-state index in [-0.39, 0.29) is 35.6 Å². The number of H-pyrrole nitrogens is 4. The van der Waals surface area contributed by atoms with Crippen molar-refractivity contribution in [3.63, 3.8) is 0 Å². The summed E-state index contributed by atoms with van der Waals surface area (Å²) in [7, 11) is 0. The number of nitriles is 2. The first kappa shape index (κ1) is 54.9. The van der Waals surface area contributed by atoms with Crippen molar-refractivity contribution in [1.29, 1.82) is 10.5 Å². The summed E-state index contributed by atoms with van der Waals surface area (Å²) >= 11 is 5.35. The lowest BCUT2D eigenvalue weighted by Crippen LogP contribution is -2.21. The van der Waals surface area contributed by atoms with Crippen LogP contribution in [0.25, 0.3) is 0 Å². The van der Waals surface area contributed by atoms with Crippen molar-refractivity contribution >= 4 is 56.9 Å². The molecule has 0 aliphatic heterocycles. The van der Waals surface area contributed by atoms with Crippen LogP contribution in [0.3, 0.4) is 0 Å². The highest BCUT2D eigenvalue weighted by Crippen LogP contribution is 2.36. The van der Waals surface area contributed by atoms with E-state index in [1.165, 1.54) is 5.56 Å². The van der Waals surface area contributed by atoms with E-state index in [4.69, 9.17) is 17.3 Å². The van der Waals surface area contributed by atoms with Crippen molar-refractivity contribution < 1.29 is 19.8 Å². The minimum atomic E-state index is -0.887. The van der Waals surface area contributed by atoms with E-state index in [2.05, 4.69) is 63.9 Å². The number of carbonyl (C=O) groups is 2. The lowest BCUT2D eigenvalue weighted by Gasteiger charge is -2.25. The van der Waals surface area contributed by atoms with Crippen LogP contribution in [-0.4, -0.2) is 41.3 Å². The number of rotatable bonds is 17. The summed E-state index contributed by atoms with van der Waals surface area (Å²) in [6.45, 7) is 7.94. The van der Waals surface area contributed by atoms with Gasteiger partial charge >= 0.3 is 11.4 Å². The molecule has 4 aromatic carbocycles. The predicted octanol–water partition coefficient (Wildman–Crippen LogP) is 9.65. The number of aromatic hydroxyl groups is 2. The topological polar surface area (TPSA) is 341 Å². The Kier molecular flexibility index (Phi) is 20.2. The van der Waals surface area contributed by atoms with Crippen LogP contribution in [0.15, 0.2) is 149 Å².